The van der Waals surface area contributed by atoms with Gasteiger partial charge >= 0.3 is 0 Å². The van der Waals surface area contributed by atoms with E-state index >= 15 is 0 Å². The molecule has 0 spiro atoms. The zero-order chi connectivity index (χ0) is 14.4. The molecule has 1 aromatic heterocycles. The first-order chi connectivity index (χ1) is 9.74. The van der Waals surface area contributed by atoms with Crippen molar-refractivity contribution in [3.05, 3.63) is 12.1 Å². The third-order valence-electron chi connectivity index (χ3n) is 3.47. The van der Waals surface area contributed by atoms with Crippen molar-refractivity contribution in [3.63, 3.8) is 0 Å². The first-order valence-corrected chi connectivity index (χ1v) is 7.50. The third kappa shape index (κ3) is 3.76. The van der Waals surface area contributed by atoms with Crippen LogP contribution in [0.1, 0.15) is 33.1 Å². The van der Waals surface area contributed by atoms with Crippen LogP contribution in [-0.4, -0.2) is 37.4 Å². The van der Waals surface area contributed by atoms with Crippen molar-refractivity contribution in [1.82, 2.24) is 4.98 Å². The lowest BCUT2D eigenvalue weighted by Crippen LogP contribution is -2.32. The second kappa shape index (κ2) is 7.33. The highest BCUT2D eigenvalue weighted by Crippen LogP contribution is 2.24. The summed E-state index contributed by atoms with van der Waals surface area (Å²) in [6.07, 6.45) is 3.54. The molecule has 1 saturated heterocycles. The lowest BCUT2D eigenvalue weighted by molar-refractivity contribution is 0.115. The molecule has 1 aliphatic heterocycles. The van der Waals surface area contributed by atoms with Crippen LogP contribution in [0.2, 0.25) is 0 Å². The normalized spacial score (nSPS) is 18.2. The summed E-state index contributed by atoms with van der Waals surface area (Å²) in [5, 5.41) is 0. The molecular formula is C15H25N3O2. The molecule has 0 radical (unpaired) electrons. The Morgan fingerprint density at radius 2 is 2.30 bits per heavy atom. The van der Waals surface area contributed by atoms with Crippen molar-refractivity contribution in [2.75, 3.05) is 36.9 Å². The second-order valence-corrected chi connectivity index (χ2v) is 5.09. The van der Waals surface area contributed by atoms with E-state index in [0.29, 0.717) is 24.3 Å². The van der Waals surface area contributed by atoms with Crippen LogP contribution in [0.15, 0.2) is 12.1 Å². The van der Waals surface area contributed by atoms with E-state index in [1.165, 1.54) is 0 Å². The van der Waals surface area contributed by atoms with E-state index in [2.05, 4.69) is 23.7 Å². The lowest BCUT2D eigenvalue weighted by Gasteiger charge is -2.25. The fourth-order valence-corrected chi connectivity index (χ4v) is 2.35. The number of aromatic nitrogens is 1. The summed E-state index contributed by atoms with van der Waals surface area (Å²) in [5.74, 6) is 1.44. The molecule has 1 unspecified atom stereocenters. The van der Waals surface area contributed by atoms with Gasteiger partial charge in [-0.3, -0.25) is 0 Å². The Bertz CT molecular complexity index is 420. The maximum atomic E-state index is 5.90. The molecule has 0 bridgehead atoms. The van der Waals surface area contributed by atoms with Crippen LogP contribution >= 0.6 is 0 Å². The third-order valence-corrected chi connectivity index (χ3v) is 3.47. The standard InChI is InChI=1S/C15H25N3O2/c1-3-9-20-15-13(16)7-8-14(17-15)18(4-2)11-12-6-5-10-19-12/h7-8,12H,3-6,9-11,16H2,1-2H3. The van der Waals surface area contributed by atoms with E-state index in [4.69, 9.17) is 15.2 Å². The fourth-order valence-electron chi connectivity index (χ4n) is 2.35. The number of anilines is 2. The first kappa shape index (κ1) is 14.9. The Labute approximate surface area is 121 Å². The van der Waals surface area contributed by atoms with Crippen LogP contribution in [0, 0.1) is 0 Å². The zero-order valence-corrected chi connectivity index (χ0v) is 12.5. The van der Waals surface area contributed by atoms with Gasteiger partial charge < -0.3 is 20.1 Å². The van der Waals surface area contributed by atoms with Crippen molar-refractivity contribution in [2.24, 2.45) is 0 Å². The van der Waals surface area contributed by atoms with Gasteiger partial charge in [0, 0.05) is 19.7 Å². The van der Waals surface area contributed by atoms with Crippen LogP contribution in [-0.2, 0) is 4.74 Å². The SMILES string of the molecule is CCCOc1nc(N(CC)CC2CCCO2)ccc1N. The first-order valence-electron chi connectivity index (χ1n) is 7.50. The van der Waals surface area contributed by atoms with E-state index in [1.54, 1.807) is 0 Å². The van der Waals surface area contributed by atoms with Crippen molar-refractivity contribution < 1.29 is 9.47 Å². The van der Waals surface area contributed by atoms with E-state index in [1.807, 2.05) is 12.1 Å². The second-order valence-electron chi connectivity index (χ2n) is 5.09. The predicted molar refractivity (Wildman–Crippen MR) is 81.3 cm³/mol. The smallest absolute Gasteiger partial charge is 0.239 e. The Morgan fingerprint density at radius 1 is 1.45 bits per heavy atom. The molecule has 0 aliphatic carbocycles. The molecule has 2 rings (SSSR count). The molecule has 2 heterocycles. The highest BCUT2D eigenvalue weighted by atomic mass is 16.5. The summed E-state index contributed by atoms with van der Waals surface area (Å²) >= 11 is 0. The number of likely N-dealkylation sites (N-methyl/N-ethyl adjacent to an activating group) is 1. The molecule has 1 atom stereocenters. The topological polar surface area (TPSA) is 60.6 Å². The number of nitrogens with two attached hydrogens (primary N) is 1. The minimum atomic E-state index is 0.314. The van der Waals surface area contributed by atoms with Gasteiger partial charge in [-0.25, -0.2) is 0 Å². The largest absolute Gasteiger partial charge is 0.476 e. The molecule has 5 heteroatoms. The fraction of sp³-hybridized carbons (Fsp3) is 0.667. The number of hydrogen-bond donors (Lipinski definition) is 1. The monoisotopic (exact) mass is 279 g/mol. The Hall–Kier alpha value is -1.49. The summed E-state index contributed by atoms with van der Waals surface area (Å²) in [6.45, 7) is 7.47. The van der Waals surface area contributed by atoms with Crippen molar-refractivity contribution in [3.8, 4) is 5.88 Å². The maximum absolute atomic E-state index is 5.90. The van der Waals surface area contributed by atoms with Crippen LogP contribution in [0.5, 0.6) is 5.88 Å². The minimum Gasteiger partial charge on any atom is -0.476 e. The average molecular weight is 279 g/mol. The van der Waals surface area contributed by atoms with Gasteiger partial charge in [-0.15, -0.1) is 0 Å². The minimum absolute atomic E-state index is 0.314. The molecule has 0 saturated carbocycles. The number of hydrogen-bond acceptors (Lipinski definition) is 5. The summed E-state index contributed by atoms with van der Waals surface area (Å²) in [4.78, 5) is 6.76. The molecule has 1 aromatic rings. The Balaban J connectivity index is 2.07. The molecule has 20 heavy (non-hydrogen) atoms. The summed E-state index contributed by atoms with van der Waals surface area (Å²) in [5.41, 5.74) is 6.50. The van der Waals surface area contributed by atoms with E-state index < -0.39 is 0 Å². The van der Waals surface area contributed by atoms with E-state index in [0.717, 1.165) is 44.8 Å². The highest BCUT2D eigenvalue weighted by molar-refractivity contribution is 5.54. The summed E-state index contributed by atoms with van der Waals surface area (Å²) < 4.78 is 11.3. The van der Waals surface area contributed by atoms with Gasteiger partial charge in [0.05, 0.1) is 18.4 Å². The van der Waals surface area contributed by atoms with Gasteiger partial charge in [0.25, 0.3) is 0 Å². The van der Waals surface area contributed by atoms with Crippen LogP contribution in [0.3, 0.4) is 0 Å². The van der Waals surface area contributed by atoms with Gasteiger partial charge in [0.1, 0.15) is 5.82 Å². The van der Waals surface area contributed by atoms with Gasteiger partial charge in [-0.05, 0) is 38.3 Å². The number of pyridine rings is 1. The van der Waals surface area contributed by atoms with Crippen molar-refractivity contribution in [2.45, 2.75) is 39.2 Å². The quantitative estimate of drug-likeness (QED) is 0.830. The van der Waals surface area contributed by atoms with Gasteiger partial charge in [0.15, 0.2) is 0 Å². The van der Waals surface area contributed by atoms with Gasteiger partial charge in [0.2, 0.25) is 5.88 Å². The van der Waals surface area contributed by atoms with Crippen molar-refractivity contribution in [1.29, 1.82) is 0 Å². The van der Waals surface area contributed by atoms with Crippen molar-refractivity contribution >= 4 is 11.5 Å². The Morgan fingerprint density at radius 3 is 2.95 bits per heavy atom. The van der Waals surface area contributed by atoms with E-state index in [-0.39, 0.29) is 0 Å². The number of nitrogens with zero attached hydrogens (tertiary/aromatic N) is 2. The summed E-state index contributed by atoms with van der Waals surface area (Å²) in [6, 6.07) is 3.82. The van der Waals surface area contributed by atoms with E-state index in [9.17, 15) is 0 Å². The van der Waals surface area contributed by atoms with Gasteiger partial charge in [-0.1, -0.05) is 6.92 Å². The maximum Gasteiger partial charge on any atom is 0.239 e. The highest BCUT2D eigenvalue weighted by Gasteiger charge is 2.20. The molecule has 0 aromatic carbocycles. The van der Waals surface area contributed by atoms with Crippen LogP contribution in [0.4, 0.5) is 11.5 Å². The lowest BCUT2D eigenvalue weighted by atomic mass is 10.2. The molecular weight excluding hydrogens is 254 g/mol. The summed E-state index contributed by atoms with van der Waals surface area (Å²) in [7, 11) is 0. The molecule has 1 fully saturated rings. The molecule has 2 N–H and O–H groups in total. The van der Waals surface area contributed by atoms with Gasteiger partial charge in [-0.2, -0.15) is 4.98 Å². The van der Waals surface area contributed by atoms with Crippen LogP contribution < -0.4 is 15.4 Å². The zero-order valence-electron chi connectivity index (χ0n) is 12.5. The molecule has 112 valence electrons. The molecule has 1 aliphatic rings. The molecule has 0 amide bonds. The average Bonchev–Trinajstić information content (AvgIpc) is 2.97. The number of nitrogen functional groups attached to an aromatic ring is 1. The molecule has 5 nitrogen and oxygen atoms in total. The predicted octanol–water partition coefficient (Wildman–Crippen LogP) is 2.46. The number of ether oxygens (including phenoxy) is 2. The van der Waals surface area contributed by atoms with Crippen LogP contribution in [0.25, 0.3) is 0 Å². The Kier molecular flexibility index (Phi) is 5.47. The number of rotatable bonds is 7.